The third-order valence-corrected chi connectivity index (χ3v) is 2.79. The van der Waals surface area contributed by atoms with Crippen molar-refractivity contribution in [2.75, 3.05) is 0 Å². The maximum atomic E-state index is 13.4. The Morgan fingerprint density at radius 1 is 0.958 bits per heavy atom. The van der Waals surface area contributed by atoms with E-state index in [1.807, 2.05) is 0 Å². The van der Waals surface area contributed by atoms with Crippen LogP contribution in [0.2, 0.25) is 0 Å². The number of aliphatic imine (C=N–C) groups is 1. The number of aromatic hydroxyl groups is 1. The summed E-state index contributed by atoms with van der Waals surface area (Å²) in [6.07, 6.45) is 0.820. The fourth-order valence-corrected chi connectivity index (χ4v) is 1.63. The Kier molecular flexibility index (Phi) is 8.16. The van der Waals surface area contributed by atoms with Crippen LogP contribution in [-0.2, 0) is 17.0 Å². The van der Waals surface area contributed by atoms with Gasteiger partial charge in [0.2, 0.25) is 5.82 Å². The first kappa shape index (κ1) is 20.9. The van der Waals surface area contributed by atoms with Gasteiger partial charge in [-0.05, 0) is 18.6 Å². The second-order valence-electron chi connectivity index (χ2n) is 4.26. The van der Waals surface area contributed by atoms with Gasteiger partial charge in [0.15, 0.2) is 23.3 Å². The van der Waals surface area contributed by atoms with Gasteiger partial charge in [-0.15, -0.1) is 0 Å². The standard InChI is InChI=1S/C14H8F5NO.2ClH.Ti/c1-6-3-2-4-7(14(6)21)5-20-13-11(18)9(16)8(15)10(17)12(13)19;;;/h2-5,21H,1H3;2*1H;/q;;;+2/p-2. The summed E-state index contributed by atoms with van der Waals surface area (Å²) in [5, 5.41) is 9.68. The monoisotopic (exact) mass is 419 g/mol. The Morgan fingerprint density at radius 3 is 1.92 bits per heavy atom. The molecule has 0 unspecified atom stereocenters. The Morgan fingerprint density at radius 2 is 1.42 bits per heavy atom. The van der Waals surface area contributed by atoms with Crippen molar-refractivity contribution >= 4 is 30.5 Å². The van der Waals surface area contributed by atoms with E-state index in [-0.39, 0.29) is 11.3 Å². The zero-order chi connectivity index (χ0) is 18.4. The summed E-state index contributed by atoms with van der Waals surface area (Å²) in [5.74, 6) is -10.7. The normalized spacial score (nSPS) is 10.5. The second kappa shape index (κ2) is 9.37. The Balaban J connectivity index is 0.000000891. The number of rotatable bonds is 2. The van der Waals surface area contributed by atoms with Crippen LogP contribution in [0.15, 0.2) is 23.2 Å². The molecule has 1 N–H and O–H groups in total. The summed E-state index contributed by atoms with van der Waals surface area (Å²) >= 11 is -0.556. The van der Waals surface area contributed by atoms with Crippen LogP contribution in [0.4, 0.5) is 27.6 Å². The summed E-state index contributed by atoms with van der Waals surface area (Å²) < 4.78 is 65.6. The van der Waals surface area contributed by atoms with Gasteiger partial charge in [-0.25, -0.2) is 26.9 Å². The van der Waals surface area contributed by atoms with Crippen LogP contribution >= 0.6 is 18.6 Å². The topological polar surface area (TPSA) is 32.6 Å². The minimum absolute atomic E-state index is 0.0824. The number of benzene rings is 2. The van der Waals surface area contributed by atoms with Gasteiger partial charge in [0, 0.05) is 11.8 Å². The first-order valence-electron chi connectivity index (χ1n) is 6.06. The van der Waals surface area contributed by atoms with E-state index in [1.165, 1.54) is 12.1 Å². The van der Waals surface area contributed by atoms with E-state index in [9.17, 15) is 27.1 Å². The van der Waals surface area contributed by atoms with E-state index >= 15 is 0 Å². The van der Waals surface area contributed by atoms with Gasteiger partial charge < -0.3 is 5.11 Å². The molecular weight excluding hydrogens is 412 g/mol. The molecule has 0 aliphatic heterocycles. The molecule has 0 atom stereocenters. The van der Waals surface area contributed by atoms with Gasteiger partial charge in [0.25, 0.3) is 0 Å². The summed E-state index contributed by atoms with van der Waals surface area (Å²) in [6, 6.07) is 4.48. The molecule has 2 nitrogen and oxygen atoms in total. The maximum absolute atomic E-state index is 13.4. The first-order chi connectivity index (χ1) is 11.3. The molecule has 2 aromatic rings. The quantitative estimate of drug-likeness (QED) is 0.224. The zero-order valence-corrected chi connectivity index (χ0v) is 14.9. The van der Waals surface area contributed by atoms with Crippen molar-refractivity contribution in [3.8, 4) is 5.75 Å². The van der Waals surface area contributed by atoms with Gasteiger partial charge in [-0.2, -0.15) is 0 Å². The number of phenolic OH excluding ortho intramolecular Hbond substituents is 1. The van der Waals surface area contributed by atoms with E-state index in [0.29, 0.717) is 5.56 Å². The number of phenols is 1. The van der Waals surface area contributed by atoms with Crippen LogP contribution in [0, 0.1) is 36.0 Å². The van der Waals surface area contributed by atoms with Gasteiger partial charge >= 0.3 is 35.6 Å². The minimum atomic E-state index is -2.25. The van der Waals surface area contributed by atoms with Gasteiger partial charge in [0.05, 0.1) is 0 Å². The molecule has 0 fully saturated rings. The number of nitrogens with zero attached hydrogens (tertiary/aromatic N) is 1. The number of aryl methyl sites for hydroxylation is 1. The van der Waals surface area contributed by atoms with Crippen LogP contribution in [0.3, 0.4) is 0 Å². The van der Waals surface area contributed by atoms with Crippen molar-refractivity contribution in [2.45, 2.75) is 6.92 Å². The summed E-state index contributed by atoms with van der Waals surface area (Å²) in [7, 11) is 9.78. The molecule has 2 rings (SSSR count). The number of hydrogen-bond acceptors (Lipinski definition) is 2. The third-order valence-electron chi connectivity index (χ3n) is 2.79. The Bertz CT molecular complexity index is 744. The molecule has 2 aromatic carbocycles. The van der Waals surface area contributed by atoms with Crippen LogP contribution in [0.1, 0.15) is 11.1 Å². The number of hydrogen-bond donors (Lipinski definition) is 1. The molecule has 0 amide bonds. The van der Waals surface area contributed by atoms with Gasteiger partial charge in [-0.3, -0.25) is 0 Å². The molecule has 0 saturated carbocycles. The Hall–Kier alpha value is -1.15. The fraction of sp³-hybridized carbons (Fsp3) is 0.0714. The molecule has 0 bridgehead atoms. The predicted octanol–water partition coefficient (Wildman–Crippen LogP) is 5.52. The molecule has 10 heteroatoms. The van der Waals surface area contributed by atoms with Gasteiger partial charge in [-0.1, -0.05) is 12.1 Å². The van der Waals surface area contributed by atoms with Crippen molar-refractivity contribution in [2.24, 2.45) is 4.99 Å². The van der Waals surface area contributed by atoms with Crippen LogP contribution in [-0.4, -0.2) is 11.3 Å². The first-order valence-corrected chi connectivity index (χ1v) is 10.4. The second-order valence-corrected chi connectivity index (χ2v) is 6.84. The van der Waals surface area contributed by atoms with E-state index in [2.05, 4.69) is 4.99 Å². The van der Waals surface area contributed by atoms with Crippen LogP contribution in [0.5, 0.6) is 5.75 Å². The van der Waals surface area contributed by atoms with Crippen molar-refractivity contribution in [3.05, 3.63) is 58.4 Å². The average molecular weight is 420 g/mol. The SMILES string of the molecule is Cc1cccc(C=Nc2c(F)c(F)c(F)c(F)c2F)c1O.[Cl][Ti][Cl]. The van der Waals surface area contributed by atoms with Crippen LogP contribution < -0.4 is 0 Å². The Labute approximate surface area is 150 Å². The number of para-hydroxylation sites is 1. The molecule has 24 heavy (non-hydrogen) atoms. The predicted molar refractivity (Wildman–Crippen MR) is 78.0 cm³/mol. The molecular formula is C14H8Cl2F5NOTi. The van der Waals surface area contributed by atoms with E-state index in [4.69, 9.17) is 18.6 Å². The molecule has 0 aliphatic rings. The zero-order valence-electron chi connectivity index (χ0n) is 11.8. The fourth-order valence-electron chi connectivity index (χ4n) is 1.63. The van der Waals surface area contributed by atoms with E-state index in [1.54, 1.807) is 13.0 Å². The van der Waals surface area contributed by atoms with Crippen molar-refractivity contribution in [3.63, 3.8) is 0 Å². The van der Waals surface area contributed by atoms with E-state index in [0.717, 1.165) is 6.21 Å². The van der Waals surface area contributed by atoms with Gasteiger partial charge in [0.1, 0.15) is 11.4 Å². The molecule has 128 valence electrons. The van der Waals surface area contributed by atoms with Crippen LogP contribution in [0.25, 0.3) is 0 Å². The van der Waals surface area contributed by atoms with Crippen molar-refractivity contribution < 1.29 is 44.1 Å². The summed E-state index contributed by atoms with van der Waals surface area (Å²) in [4.78, 5) is 3.26. The summed E-state index contributed by atoms with van der Waals surface area (Å²) in [5.41, 5.74) is -0.761. The third kappa shape index (κ3) is 4.69. The average Bonchev–Trinajstić information content (AvgIpc) is 2.55. The molecule has 0 heterocycles. The van der Waals surface area contributed by atoms with E-state index < -0.39 is 51.8 Å². The molecule has 0 spiro atoms. The van der Waals surface area contributed by atoms with Crippen molar-refractivity contribution in [1.29, 1.82) is 0 Å². The molecule has 0 radical (unpaired) electrons. The summed E-state index contributed by atoms with van der Waals surface area (Å²) in [6.45, 7) is 1.57. The number of halogens is 7. The van der Waals surface area contributed by atoms with Crippen molar-refractivity contribution in [1.82, 2.24) is 0 Å². The molecule has 0 aliphatic carbocycles. The molecule has 0 aromatic heterocycles. The molecule has 0 saturated heterocycles.